The van der Waals surface area contributed by atoms with Gasteiger partial charge in [0.15, 0.2) is 0 Å². The molecule has 27 heavy (non-hydrogen) atoms. The van der Waals surface area contributed by atoms with Crippen LogP contribution in [0.2, 0.25) is 0 Å². The van der Waals surface area contributed by atoms with Crippen LogP contribution in [-0.2, 0) is 22.7 Å². The van der Waals surface area contributed by atoms with Gasteiger partial charge in [0.2, 0.25) is 5.91 Å². The molecule has 7 heteroatoms. The lowest BCUT2D eigenvalue weighted by Gasteiger charge is -2.43. The van der Waals surface area contributed by atoms with Crippen molar-refractivity contribution in [2.24, 2.45) is 23.5 Å². The Morgan fingerprint density at radius 1 is 1.19 bits per heavy atom. The molecular formula is C20H27F3N2O2. The van der Waals surface area contributed by atoms with Gasteiger partial charge in [-0.1, -0.05) is 30.7 Å². The lowest BCUT2D eigenvalue weighted by molar-refractivity contribution is -0.176. The van der Waals surface area contributed by atoms with E-state index in [1.807, 2.05) is 6.07 Å². The number of nitrogens with two attached hydrogens (primary N) is 1. The van der Waals surface area contributed by atoms with Crippen LogP contribution in [0.5, 0.6) is 0 Å². The summed E-state index contributed by atoms with van der Waals surface area (Å²) >= 11 is 0. The van der Waals surface area contributed by atoms with E-state index in [0.717, 1.165) is 31.2 Å². The van der Waals surface area contributed by atoms with Crippen LogP contribution in [0.1, 0.15) is 43.2 Å². The Bertz CT molecular complexity index is 636. The highest BCUT2D eigenvalue weighted by molar-refractivity contribution is 5.78. The third-order valence-electron chi connectivity index (χ3n) is 5.78. The van der Waals surface area contributed by atoms with Gasteiger partial charge in [0.05, 0.1) is 6.61 Å². The smallest absolute Gasteiger partial charge is 0.367 e. The fourth-order valence-electron chi connectivity index (χ4n) is 4.45. The molecule has 2 bridgehead atoms. The van der Waals surface area contributed by atoms with Gasteiger partial charge in [-0.15, -0.1) is 0 Å². The van der Waals surface area contributed by atoms with Crippen molar-refractivity contribution in [2.75, 3.05) is 6.61 Å². The van der Waals surface area contributed by atoms with Crippen molar-refractivity contribution in [3.8, 4) is 0 Å². The number of halogens is 3. The maximum absolute atomic E-state index is 12.6. The van der Waals surface area contributed by atoms with Gasteiger partial charge in [-0.25, -0.2) is 0 Å². The number of hydrogen-bond donors (Lipinski definition) is 2. The van der Waals surface area contributed by atoms with E-state index in [4.69, 9.17) is 5.73 Å². The van der Waals surface area contributed by atoms with Crippen LogP contribution in [0.4, 0.5) is 13.2 Å². The van der Waals surface area contributed by atoms with Crippen molar-refractivity contribution in [1.29, 1.82) is 0 Å². The number of carbonyl (C=O) groups is 1. The van der Waals surface area contributed by atoms with Gasteiger partial charge in [-0.3, -0.25) is 4.79 Å². The fourth-order valence-corrected chi connectivity index (χ4v) is 4.45. The number of ether oxygens (including phenoxy) is 1. The highest BCUT2D eigenvalue weighted by atomic mass is 19.4. The fraction of sp³-hybridized carbons (Fsp3) is 0.650. The summed E-state index contributed by atoms with van der Waals surface area (Å²) in [5, 5.41) is 2.98. The Labute approximate surface area is 157 Å². The lowest BCUT2D eigenvalue weighted by Crippen LogP contribution is -2.49. The molecule has 1 aromatic carbocycles. The normalized spacial score (nSPS) is 28.0. The predicted octanol–water partition coefficient (Wildman–Crippen LogP) is 3.54. The van der Waals surface area contributed by atoms with E-state index >= 15 is 0 Å². The summed E-state index contributed by atoms with van der Waals surface area (Å²) in [5.74, 6) is 0.959. The van der Waals surface area contributed by atoms with E-state index in [1.54, 1.807) is 18.2 Å². The molecule has 0 aliphatic heterocycles. The van der Waals surface area contributed by atoms with Crippen LogP contribution >= 0.6 is 0 Å². The zero-order valence-corrected chi connectivity index (χ0v) is 15.3. The minimum absolute atomic E-state index is 0.0124. The number of carbonyl (C=O) groups excluding carboxylic acids is 1. The summed E-state index contributed by atoms with van der Waals surface area (Å²) in [6, 6.07) is 7.32. The molecule has 1 aromatic rings. The molecule has 1 amide bonds. The van der Waals surface area contributed by atoms with E-state index in [9.17, 15) is 18.0 Å². The predicted molar refractivity (Wildman–Crippen MR) is 95.5 cm³/mol. The number of benzene rings is 1. The van der Waals surface area contributed by atoms with Crippen molar-refractivity contribution in [2.45, 2.75) is 57.5 Å². The van der Waals surface area contributed by atoms with Crippen molar-refractivity contribution < 1.29 is 22.7 Å². The maximum Gasteiger partial charge on any atom is 0.411 e. The molecule has 3 N–H and O–H groups in total. The summed E-state index contributed by atoms with van der Waals surface area (Å²) in [6.07, 6.45) is 0.819. The van der Waals surface area contributed by atoms with Crippen LogP contribution in [-0.4, -0.2) is 24.7 Å². The van der Waals surface area contributed by atoms with Gasteiger partial charge in [0.25, 0.3) is 0 Å². The Morgan fingerprint density at radius 3 is 2.52 bits per heavy atom. The third-order valence-corrected chi connectivity index (χ3v) is 5.78. The molecule has 150 valence electrons. The zero-order chi connectivity index (χ0) is 19.4. The molecule has 2 atom stereocenters. The highest BCUT2D eigenvalue weighted by Crippen LogP contribution is 2.41. The minimum atomic E-state index is -4.33. The van der Waals surface area contributed by atoms with Crippen LogP contribution in [0.3, 0.4) is 0 Å². The first-order chi connectivity index (χ1) is 12.8. The monoisotopic (exact) mass is 384 g/mol. The molecule has 3 rings (SSSR count). The lowest BCUT2D eigenvalue weighted by atomic mass is 9.65. The average molecular weight is 384 g/mol. The molecule has 2 aliphatic rings. The van der Waals surface area contributed by atoms with E-state index in [1.165, 1.54) is 6.42 Å². The first-order valence-electron chi connectivity index (χ1n) is 9.57. The topological polar surface area (TPSA) is 64.4 Å². The molecular weight excluding hydrogens is 357 g/mol. The van der Waals surface area contributed by atoms with Crippen LogP contribution < -0.4 is 11.1 Å². The minimum Gasteiger partial charge on any atom is -0.367 e. The van der Waals surface area contributed by atoms with Crippen LogP contribution in [0.15, 0.2) is 24.3 Å². The SMILES string of the molecule is NC1C2CCCC1CC(C(=O)NCc1cccc(COCC(F)(F)F)c1)C2. The number of rotatable bonds is 6. The van der Waals surface area contributed by atoms with Gasteiger partial charge < -0.3 is 15.8 Å². The number of hydrogen-bond acceptors (Lipinski definition) is 3. The molecule has 0 heterocycles. The second-order valence-electron chi connectivity index (χ2n) is 7.84. The molecule has 2 unspecified atom stereocenters. The maximum atomic E-state index is 12.6. The second kappa shape index (κ2) is 8.61. The number of nitrogens with one attached hydrogen (secondary N) is 1. The van der Waals surface area contributed by atoms with Gasteiger partial charge in [0.1, 0.15) is 6.61 Å². The Hall–Kier alpha value is -1.60. The molecule has 4 nitrogen and oxygen atoms in total. The molecule has 0 saturated heterocycles. The van der Waals surface area contributed by atoms with Crippen molar-refractivity contribution in [1.82, 2.24) is 5.32 Å². The third kappa shape index (κ3) is 5.69. The summed E-state index contributed by atoms with van der Waals surface area (Å²) < 4.78 is 41.1. The first kappa shape index (κ1) is 20.1. The van der Waals surface area contributed by atoms with E-state index in [-0.39, 0.29) is 24.5 Å². The quantitative estimate of drug-likeness (QED) is 0.789. The van der Waals surface area contributed by atoms with Crippen LogP contribution in [0, 0.1) is 17.8 Å². The van der Waals surface area contributed by atoms with E-state index in [0.29, 0.717) is 23.9 Å². The molecule has 0 aromatic heterocycles. The number of fused-ring (bicyclic) bond motifs is 2. The first-order valence-corrected chi connectivity index (χ1v) is 9.57. The number of amides is 1. The largest absolute Gasteiger partial charge is 0.411 e. The van der Waals surface area contributed by atoms with Gasteiger partial charge in [0, 0.05) is 18.5 Å². The molecule has 2 saturated carbocycles. The Morgan fingerprint density at radius 2 is 1.85 bits per heavy atom. The van der Waals surface area contributed by atoms with Crippen molar-refractivity contribution in [3.63, 3.8) is 0 Å². The average Bonchev–Trinajstić information content (AvgIpc) is 2.59. The molecule has 0 radical (unpaired) electrons. The second-order valence-corrected chi connectivity index (χ2v) is 7.84. The van der Waals surface area contributed by atoms with Crippen molar-refractivity contribution in [3.05, 3.63) is 35.4 Å². The van der Waals surface area contributed by atoms with E-state index < -0.39 is 12.8 Å². The standard InChI is InChI=1S/C20H27F3N2O2/c21-20(22,23)12-27-11-14-4-1-3-13(7-14)10-25-19(26)17-8-15-5-2-6-16(9-17)18(15)24/h1,3-4,7,15-18H,2,5-6,8-12,24H2,(H,25,26). The van der Waals surface area contributed by atoms with Crippen molar-refractivity contribution >= 4 is 5.91 Å². The molecule has 2 fully saturated rings. The van der Waals surface area contributed by atoms with Gasteiger partial charge >= 0.3 is 6.18 Å². The van der Waals surface area contributed by atoms with Crippen LogP contribution in [0.25, 0.3) is 0 Å². The Kier molecular flexibility index (Phi) is 6.42. The van der Waals surface area contributed by atoms with E-state index in [2.05, 4.69) is 10.1 Å². The summed E-state index contributed by atoms with van der Waals surface area (Å²) in [7, 11) is 0. The summed E-state index contributed by atoms with van der Waals surface area (Å²) in [4.78, 5) is 12.6. The summed E-state index contributed by atoms with van der Waals surface area (Å²) in [5.41, 5.74) is 7.79. The summed E-state index contributed by atoms with van der Waals surface area (Å²) in [6.45, 7) is -1.00. The zero-order valence-electron chi connectivity index (χ0n) is 15.3. The Balaban J connectivity index is 1.48. The molecule has 0 spiro atoms. The number of alkyl halides is 3. The van der Waals surface area contributed by atoms with Gasteiger partial charge in [-0.2, -0.15) is 13.2 Å². The molecule has 2 aliphatic carbocycles. The van der Waals surface area contributed by atoms with Gasteiger partial charge in [-0.05, 0) is 48.6 Å². The highest BCUT2D eigenvalue weighted by Gasteiger charge is 2.40.